The van der Waals surface area contributed by atoms with Gasteiger partial charge in [0.1, 0.15) is 0 Å². The molecule has 94 valence electrons. The van der Waals surface area contributed by atoms with Crippen molar-refractivity contribution in [2.24, 2.45) is 0 Å². The number of rotatable bonds is 2. The van der Waals surface area contributed by atoms with Crippen LogP contribution in [0.5, 0.6) is 0 Å². The summed E-state index contributed by atoms with van der Waals surface area (Å²) in [6, 6.07) is 14.8. The van der Waals surface area contributed by atoms with Crippen LogP contribution in [0, 0.1) is 0 Å². The summed E-state index contributed by atoms with van der Waals surface area (Å²) in [7, 11) is 0. The Hall–Kier alpha value is -2.13. The van der Waals surface area contributed by atoms with Gasteiger partial charge in [-0.15, -0.1) is 0 Å². The maximum Gasteiger partial charge on any atom is 0.261 e. The number of hydrogen-bond donors (Lipinski definition) is 0. The van der Waals surface area contributed by atoms with E-state index in [4.69, 9.17) is 11.6 Å². The van der Waals surface area contributed by atoms with Gasteiger partial charge in [0.15, 0.2) is 0 Å². The quantitative estimate of drug-likeness (QED) is 0.717. The van der Waals surface area contributed by atoms with E-state index in [1.807, 2.05) is 42.5 Å². The fourth-order valence-corrected chi connectivity index (χ4v) is 2.22. The Labute approximate surface area is 115 Å². The molecule has 2 aromatic carbocycles. The van der Waals surface area contributed by atoms with Crippen molar-refractivity contribution in [2.75, 3.05) is 0 Å². The molecular formula is C15H11ClN2O. The van der Waals surface area contributed by atoms with Crippen LogP contribution in [0.15, 0.2) is 59.7 Å². The van der Waals surface area contributed by atoms with Crippen molar-refractivity contribution in [3.8, 4) is 0 Å². The number of benzene rings is 2. The van der Waals surface area contributed by atoms with Crippen LogP contribution in [0.3, 0.4) is 0 Å². The summed E-state index contributed by atoms with van der Waals surface area (Å²) in [4.78, 5) is 16.6. The van der Waals surface area contributed by atoms with Crippen LogP contribution in [0.4, 0.5) is 0 Å². The standard InChI is InChI=1S/C15H11ClN2O/c16-13-7-3-1-5-11(13)9-18-10-17-14-8-4-2-6-12(14)15(18)19/h1-8,10H,9H2. The minimum atomic E-state index is -0.0504. The third-order valence-corrected chi connectivity index (χ3v) is 3.40. The zero-order valence-corrected chi connectivity index (χ0v) is 10.8. The Bertz CT molecular complexity index is 795. The molecule has 0 saturated carbocycles. The van der Waals surface area contributed by atoms with Crippen molar-refractivity contribution in [3.63, 3.8) is 0 Å². The van der Waals surface area contributed by atoms with Gasteiger partial charge < -0.3 is 0 Å². The van der Waals surface area contributed by atoms with E-state index >= 15 is 0 Å². The van der Waals surface area contributed by atoms with Gasteiger partial charge in [0.05, 0.1) is 23.8 Å². The first-order valence-corrected chi connectivity index (χ1v) is 6.31. The van der Waals surface area contributed by atoms with Crippen molar-refractivity contribution in [2.45, 2.75) is 6.54 Å². The summed E-state index contributed by atoms with van der Waals surface area (Å²) >= 11 is 6.11. The van der Waals surface area contributed by atoms with Crippen LogP contribution in [-0.2, 0) is 6.54 Å². The highest BCUT2D eigenvalue weighted by Gasteiger charge is 2.05. The Morgan fingerprint density at radius 3 is 2.63 bits per heavy atom. The molecule has 0 aliphatic carbocycles. The van der Waals surface area contributed by atoms with E-state index in [1.54, 1.807) is 17.0 Å². The number of para-hydroxylation sites is 1. The molecule has 0 spiro atoms. The Morgan fingerprint density at radius 1 is 1.05 bits per heavy atom. The highest BCUT2D eigenvalue weighted by Crippen LogP contribution is 2.15. The van der Waals surface area contributed by atoms with Crippen molar-refractivity contribution in [1.82, 2.24) is 9.55 Å². The van der Waals surface area contributed by atoms with Gasteiger partial charge in [-0.3, -0.25) is 9.36 Å². The van der Waals surface area contributed by atoms with E-state index in [-0.39, 0.29) is 5.56 Å². The summed E-state index contributed by atoms with van der Waals surface area (Å²) < 4.78 is 1.57. The molecular weight excluding hydrogens is 260 g/mol. The van der Waals surface area contributed by atoms with Crippen molar-refractivity contribution in [1.29, 1.82) is 0 Å². The molecule has 0 bridgehead atoms. The summed E-state index contributed by atoms with van der Waals surface area (Å²) in [5, 5.41) is 1.28. The molecule has 0 radical (unpaired) electrons. The first-order valence-electron chi connectivity index (χ1n) is 5.93. The van der Waals surface area contributed by atoms with Crippen LogP contribution in [0.2, 0.25) is 5.02 Å². The van der Waals surface area contributed by atoms with Gasteiger partial charge in [0.25, 0.3) is 5.56 Å². The summed E-state index contributed by atoms with van der Waals surface area (Å²) in [5.41, 5.74) is 1.57. The molecule has 1 heterocycles. The largest absolute Gasteiger partial charge is 0.294 e. The minimum absolute atomic E-state index is 0.0504. The van der Waals surface area contributed by atoms with E-state index in [1.165, 1.54) is 0 Å². The summed E-state index contributed by atoms with van der Waals surface area (Å²) in [6.45, 7) is 0.427. The molecule has 0 N–H and O–H groups in total. The van der Waals surface area contributed by atoms with Crippen LogP contribution in [0.25, 0.3) is 10.9 Å². The third-order valence-electron chi connectivity index (χ3n) is 3.03. The molecule has 3 rings (SSSR count). The normalized spacial score (nSPS) is 10.8. The second-order valence-corrected chi connectivity index (χ2v) is 4.69. The van der Waals surface area contributed by atoms with Gasteiger partial charge >= 0.3 is 0 Å². The molecule has 0 atom stereocenters. The lowest BCUT2D eigenvalue weighted by atomic mass is 10.2. The van der Waals surface area contributed by atoms with Gasteiger partial charge in [-0.2, -0.15) is 0 Å². The minimum Gasteiger partial charge on any atom is -0.294 e. The smallest absolute Gasteiger partial charge is 0.261 e. The average molecular weight is 271 g/mol. The predicted molar refractivity (Wildman–Crippen MR) is 76.6 cm³/mol. The molecule has 0 saturated heterocycles. The molecule has 0 fully saturated rings. The highest BCUT2D eigenvalue weighted by molar-refractivity contribution is 6.31. The van der Waals surface area contributed by atoms with E-state index in [0.29, 0.717) is 22.5 Å². The molecule has 19 heavy (non-hydrogen) atoms. The maximum absolute atomic E-state index is 12.3. The number of aromatic nitrogens is 2. The monoisotopic (exact) mass is 270 g/mol. The molecule has 0 amide bonds. The van der Waals surface area contributed by atoms with E-state index < -0.39 is 0 Å². The van der Waals surface area contributed by atoms with Gasteiger partial charge in [-0.25, -0.2) is 4.98 Å². The van der Waals surface area contributed by atoms with Crippen LogP contribution >= 0.6 is 11.6 Å². The second kappa shape index (κ2) is 4.86. The fourth-order valence-electron chi connectivity index (χ4n) is 2.03. The van der Waals surface area contributed by atoms with Crippen molar-refractivity contribution in [3.05, 3.63) is 75.8 Å². The third kappa shape index (κ3) is 2.25. The Morgan fingerprint density at radius 2 is 1.79 bits per heavy atom. The van der Waals surface area contributed by atoms with Crippen molar-refractivity contribution < 1.29 is 0 Å². The fraction of sp³-hybridized carbons (Fsp3) is 0.0667. The second-order valence-electron chi connectivity index (χ2n) is 4.29. The topological polar surface area (TPSA) is 34.9 Å². The molecule has 0 aliphatic rings. The Kier molecular flexibility index (Phi) is 3.05. The summed E-state index contributed by atoms with van der Waals surface area (Å²) in [6.07, 6.45) is 1.56. The first kappa shape index (κ1) is 11.9. The van der Waals surface area contributed by atoms with Gasteiger partial charge in [-0.1, -0.05) is 41.9 Å². The van der Waals surface area contributed by atoms with Crippen LogP contribution in [0.1, 0.15) is 5.56 Å². The highest BCUT2D eigenvalue weighted by atomic mass is 35.5. The van der Waals surface area contributed by atoms with Crippen LogP contribution in [-0.4, -0.2) is 9.55 Å². The zero-order valence-electron chi connectivity index (χ0n) is 10.1. The lowest BCUT2D eigenvalue weighted by Gasteiger charge is -2.08. The molecule has 0 unspecified atom stereocenters. The number of nitrogens with zero attached hydrogens (tertiary/aromatic N) is 2. The lowest BCUT2D eigenvalue weighted by molar-refractivity contribution is 0.748. The molecule has 0 aliphatic heterocycles. The lowest BCUT2D eigenvalue weighted by Crippen LogP contribution is -2.21. The van der Waals surface area contributed by atoms with E-state index in [2.05, 4.69) is 4.98 Å². The molecule has 1 aromatic heterocycles. The van der Waals surface area contributed by atoms with Crippen LogP contribution < -0.4 is 5.56 Å². The number of halogens is 1. The van der Waals surface area contributed by atoms with Gasteiger partial charge in [0, 0.05) is 5.02 Å². The van der Waals surface area contributed by atoms with E-state index in [0.717, 1.165) is 5.56 Å². The Balaban J connectivity index is 2.10. The predicted octanol–water partition coefficient (Wildman–Crippen LogP) is 3.10. The molecule has 4 heteroatoms. The maximum atomic E-state index is 12.3. The average Bonchev–Trinajstić information content (AvgIpc) is 2.44. The number of hydrogen-bond acceptors (Lipinski definition) is 2. The van der Waals surface area contributed by atoms with Gasteiger partial charge in [-0.05, 0) is 23.8 Å². The molecule has 3 aromatic rings. The zero-order chi connectivity index (χ0) is 13.2. The van der Waals surface area contributed by atoms with E-state index in [9.17, 15) is 4.79 Å². The summed E-state index contributed by atoms with van der Waals surface area (Å²) in [5.74, 6) is 0. The van der Waals surface area contributed by atoms with Crippen molar-refractivity contribution >= 4 is 22.5 Å². The van der Waals surface area contributed by atoms with Gasteiger partial charge in [0.2, 0.25) is 0 Å². The number of fused-ring (bicyclic) bond motifs is 1. The SMILES string of the molecule is O=c1c2ccccc2ncn1Cc1ccccc1Cl. The molecule has 3 nitrogen and oxygen atoms in total. The first-order chi connectivity index (χ1) is 9.25.